The van der Waals surface area contributed by atoms with Gasteiger partial charge in [-0.1, -0.05) is 19.1 Å². The highest BCUT2D eigenvalue weighted by atomic mass is 16.5. The van der Waals surface area contributed by atoms with E-state index in [-0.39, 0.29) is 5.91 Å². The van der Waals surface area contributed by atoms with Crippen LogP contribution in [0.4, 0.5) is 11.4 Å². The van der Waals surface area contributed by atoms with Gasteiger partial charge in [-0.15, -0.1) is 0 Å². The van der Waals surface area contributed by atoms with Crippen molar-refractivity contribution in [2.24, 2.45) is 5.92 Å². The number of anilines is 2. The van der Waals surface area contributed by atoms with Crippen molar-refractivity contribution in [1.82, 2.24) is 0 Å². The molecule has 138 valence electrons. The van der Waals surface area contributed by atoms with Crippen LogP contribution in [0.2, 0.25) is 0 Å². The lowest BCUT2D eigenvalue weighted by Gasteiger charge is -2.33. The molecule has 26 heavy (non-hydrogen) atoms. The molecule has 5 heteroatoms. The van der Waals surface area contributed by atoms with E-state index in [1.165, 1.54) is 12.8 Å². The summed E-state index contributed by atoms with van der Waals surface area (Å²) in [4.78, 5) is 15.1. The lowest BCUT2D eigenvalue weighted by Crippen LogP contribution is -2.33. The van der Waals surface area contributed by atoms with Crippen LogP contribution in [0.3, 0.4) is 0 Å². The molecule has 1 heterocycles. The van der Waals surface area contributed by atoms with Crippen molar-refractivity contribution in [3.63, 3.8) is 0 Å². The van der Waals surface area contributed by atoms with Crippen molar-refractivity contribution in [1.29, 1.82) is 0 Å². The molecular formula is C21H26N2O3. The van der Waals surface area contributed by atoms with Gasteiger partial charge in [-0.2, -0.15) is 0 Å². The average molecular weight is 354 g/mol. The summed E-state index contributed by atoms with van der Waals surface area (Å²) in [5, 5.41) is 3.05. The number of hydrogen-bond donors (Lipinski definition) is 1. The van der Waals surface area contributed by atoms with Crippen LogP contribution in [0, 0.1) is 5.92 Å². The highest BCUT2D eigenvalue weighted by Gasteiger charge is 2.19. The number of ether oxygens (including phenoxy) is 2. The monoisotopic (exact) mass is 354 g/mol. The second-order valence-corrected chi connectivity index (χ2v) is 6.74. The average Bonchev–Trinajstić information content (AvgIpc) is 2.68. The molecule has 2 aromatic rings. The number of para-hydroxylation sites is 2. The highest BCUT2D eigenvalue weighted by molar-refractivity contribution is 6.06. The van der Waals surface area contributed by atoms with E-state index in [0.717, 1.165) is 30.4 Å². The molecule has 0 unspecified atom stereocenters. The number of piperidine rings is 1. The third-order valence-electron chi connectivity index (χ3n) is 4.89. The minimum Gasteiger partial charge on any atom is -0.497 e. The number of methoxy groups -OCH3 is 2. The summed E-state index contributed by atoms with van der Waals surface area (Å²) in [5.74, 6) is 1.76. The molecule has 0 bridgehead atoms. The van der Waals surface area contributed by atoms with Gasteiger partial charge in [0.25, 0.3) is 5.91 Å². The van der Waals surface area contributed by atoms with Gasteiger partial charge in [0.05, 0.1) is 25.6 Å². The van der Waals surface area contributed by atoms with Gasteiger partial charge in [0.2, 0.25) is 0 Å². The van der Waals surface area contributed by atoms with Crippen LogP contribution < -0.4 is 19.7 Å². The molecule has 0 atom stereocenters. The minimum atomic E-state index is -0.181. The number of benzene rings is 2. The summed E-state index contributed by atoms with van der Waals surface area (Å²) in [5.41, 5.74) is 2.40. The zero-order valence-corrected chi connectivity index (χ0v) is 15.6. The molecule has 1 N–H and O–H groups in total. The number of rotatable bonds is 5. The van der Waals surface area contributed by atoms with Crippen molar-refractivity contribution in [2.75, 3.05) is 37.5 Å². The number of nitrogens with zero attached hydrogens (tertiary/aromatic N) is 1. The summed E-state index contributed by atoms with van der Waals surface area (Å²) in [6, 6.07) is 13.1. The van der Waals surface area contributed by atoms with Gasteiger partial charge in [0.15, 0.2) is 0 Å². The van der Waals surface area contributed by atoms with Gasteiger partial charge >= 0.3 is 0 Å². The van der Waals surface area contributed by atoms with Crippen molar-refractivity contribution in [3.8, 4) is 11.5 Å². The lowest BCUT2D eigenvalue weighted by atomic mass is 9.98. The smallest absolute Gasteiger partial charge is 0.255 e. The van der Waals surface area contributed by atoms with E-state index in [2.05, 4.69) is 23.2 Å². The summed E-state index contributed by atoms with van der Waals surface area (Å²) in [6.45, 7) is 4.32. The van der Waals surface area contributed by atoms with Crippen LogP contribution in [0.15, 0.2) is 42.5 Å². The second kappa shape index (κ2) is 8.13. The summed E-state index contributed by atoms with van der Waals surface area (Å²) in [7, 11) is 3.15. The van der Waals surface area contributed by atoms with Crippen molar-refractivity contribution < 1.29 is 14.3 Å². The zero-order chi connectivity index (χ0) is 18.5. The van der Waals surface area contributed by atoms with E-state index >= 15 is 0 Å². The maximum atomic E-state index is 12.8. The van der Waals surface area contributed by atoms with E-state index in [1.807, 2.05) is 18.2 Å². The molecule has 1 fully saturated rings. The Morgan fingerprint density at radius 3 is 2.27 bits per heavy atom. The first kappa shape index (κ1) is 18.1. The van der Waals surface area contributed by atoms with Crippen LogP contribution in [-0.4, -0.2) is 33.2 Å². The third-order valence-corrected chi connectivity index (χ3v) is 4.89. The first-order chi connectivity index (χ1) is 12.6. The maximum Gasteiger partial charge on any atom is 0.255 e. The molecule has 0 aliphatic carbocycles. The van der Waals surface area contributed by atoms with E-state index < -0.39 is 0 Å². The number of carbonyl (C=O) groups excluding carboxylic acids is 1. The van der Waals surface area contributed by atoms with E-state index in [4.69, 9.17) is 9.47 Å². The molecule has 5 nitrogen and oxygen atoms in total. The van der Waals surface area contributed by atoms with Crippen molar-refractivity contribution in [3.05, 3.63) is 48.0 Å². The van der Waals surface area contributed by atoms with Crippen LogP contribution in [-0.2, 0) is 0 Å². The Labute approximate surface area is 154 Å². The lowest BCUT2D eigenvalue weighted by molar-refractivity contribution is 0.102. The molecule has 0 saturated carbocycles. The summed E-state index contributed by atoms with van der Waals surface area (Å²) < 4.78 is 10.5. The van der Waals surface area contributed by atoms with Crippen molar-refractivity contribution in [2.45, 2.75) is 19.8 Å². The SMILES string of the molecule is COc1cc(OC)cc(C(=O)Nc2ccccc2N2CCC(C)CC2)c1. The summed E-state index contributed by atoms with van der Waals surface area (Å²) in [6.07, 6.45) is 2.35. The van der Waals surface area contributed by atoms with Crippen LogP contribution in [0.25, 0.3) is 0 Å². The molecule has 1 aliphatic rings. The van der Waals surface area contributed by atoms with Crippen LogP contribution in [0.5, 0.6) is 11.5 Å². The molecule has 3 rings (SSSR count). The molecule has 2 aromatic carbocycles. The molecule has 0 radical (unpaired) electrons. The van der Waals surface area contributed by atoms with Gasteiger partial charge in [0.1, 0.15) is 11.5 Å². The fraction of sp³-hybridized carbons (Fsp3) is 0.381. The normalized spacial score (nSPS) is 14.8. The number of nitrogens with one attached hydrogen (secondary N) is 1. The second-order valence-electron chi connectivity index (χ2n) is 6.74. The molecule has 1 amide bonds. The Bertz CT molecular complexity index is 745. The van der Waals surface area contributed by atoms with Gasteiger partial charge in [-0.05, 0) is 43.0 Å². The molecular weight excluding hydrogens is 328 g/mol. The minimum absolute atomic E-state index is 0.181. The molecule has 1 saturated heterocycles. The Kier molecular flexibility index (Phi) is 5.66. The Balaban J connectivity index is 1.82. The quantitative estimate of drug-likeness (QED) is 0.875. The largest absolute Gasteiger partial charge is 0.497 e. The van der Waals surface area contributed by atoms with Crippen LogP contribution >= 0.6 is 0 Å². The molecule has 0 aromatic heterocycles. The van der Waals surface area contributed by atoms with Gasteiger partial charge < -0.3 is 19.7 Å². The van der Waals surface area contributed by atoms with Gasteiger partial charge in [-0.3, -0.25) is 4.79 Å². The van der Waals surface area contributed by atoms with E-state index in [0.29, 0.717) is 17.1 Å². The van der Waals surface area contributed by atoms with Crippen LogP contribution in [0.1, 0.15) is 30.1 Å². The fourth-order valence-electron chi connectivity index (χ4n) is 3.24. The Morgan fingerprint density at radius 2 is 1.65 bits per heavy atom. The van der Waals surface area contributed by atoms with Gasteiger partial charge in [-0.25, -0.2) is 0 Å². The zero-order valence-electron chi connectivity index (χ0n) is 15.6. The van der Waals surface area contributed by atoms with E-state index in [1.54, 1.807) is 32.4 Å². The Morgan fingerprint density at radius 1 is 1.04 bits per heavy atom. The fourth-order valence-corrected chi connectivity index (χ4v) is 3.24. The standard InChI is InChI=1S/C21H26N2O3/c1-15-8-10-23(11-9-15)20-7-5-4-6-19(20)22-21(24)16-12-17(25-2)14-18(13-16)26-3/h4-7,12-15H,8-11H2,1-3H3,(H,22,24). The summed E-state index contributed by atoms with van der Waals surface area (Å²) >= 11 is 0. The number of hydrogen-bond acceptors (Lipinski definition) is 4. The predicted octanol–water partition coefficient (Wildman–Crippen LogP) is 4.19. The Hall–Kier alpha value is -2.69. The predicted molar refractivity (Wildman–Crippen MR) is 105 cm³/mol. The number of carbonyl (C=O) groups is 1. The highest BCUT2D eigenvalue weighted by Crippen LogP contribution is 2.30. The van der Waals surface area contributed by atoms with Crippen molar-refractivity contribution >= 4 is 17.3 Å². The maximum absolute atomic E-state index is 12.8. The molecule has 0 spiro atoms. The first-order valence-electron chi connectivity index (χ1n) is 8.99. The van der Waals surface area contributed by atoms with E-state index in [9.17, 15) is 4.79 Å². The topological polar surface area (TPSA) is 50.8 Å². The van der Waals surface area contributed by atoms with Gasteiger partial charge in [0, 0.05) is 24.7 Å². The third kappa shape index (κ3) is 4.10. The number of amides is 1. The first-order valence-corrected chi connectivity index (χ1v) is 8.99. The molecule has 1 aliphatic heterocycles.